The lowest BCUT2D eigenvalue weighted by atomic mass is 10.2. The van der Waals surface area contributed by atoms with E-state index in [0.29, 0.717) is 19.6 Å². The summed E-state index contributed by atoms with van der Waals surface area (Å²) in [6.07, 6.45) is 1.67. The van der Waals surface area contributed by atoms with E-state index in [1.165, 1.54) is 7.11 Å². The molecule has 0 saturated carbocycles. The molecule has 0 bridgehead atoms. The Kier molecular flexibility index (Phi) is 8.57. The molecule has 0 aliphatic heterocycles. The quantitative estimate of drug-likeness (QED) is 0.471. The number of carbonyl (C=O) groups is 1. The summed E-state index contributed by atoms with van der Waals surface area (Å²) in [4.78, 5) is 11.3. The van der Waals surface area contributed by atoms with Crippen LogP contribution in [0.3, 0.4) is 0 Å². The second-order valence-corrected chi connectivity index (χ2v) is 3.02. The van der Waals surface area contributed by atoms with E-state index in [1.54, 1.807) is 0 Å². The number of carbonyl (C=O) groups excluding carboxylic acids is 1. The van der Waals surface area contributed by atoms with Gasteiger partial charge in [0.2, 0.25) is 0 Å². The Bertz CT molecular complexity index is 150. The smallest absolute Gasteiger partial charge is 0.322 e. The molecule has 0 spiro atoms. The lowest BCUT2D eigenvalue weighted by Crippen LogP contribution is -2.38. The lowest BCUT2D eigenvalue weighted by Gasteiger charge is -2.15. The van der Waals surface area contributed by atoms with Gasteiger partial charge in [-0.15, -0.1) is 0 Å². The van der Waals surface area contributed by atoms with Crippen LogP contribution in [0.2, 0.25) is 0 Å². The largest absolute Gasteiger partial charge is 0.468 e. The van der Waals surface area contributed by atoms with Gasteiger partial charge in [-0.3, -0.25) is 4.79 Å². The first-order valence-electron chi connectivity index (χ1n) is 5.15. The van der Waals surface area contributed by atoms with Crippen LogP contribution in [0.15, 0.2) is 0 Å². The Labute approximate surface area is 86.0 Å². The summed E-state index contributed by atoms with van der Waals surface area (Å²) in [5.41, 5.74) is 0. The Morgan fingerprint density at radius 1 is 1.43 bits per heavy atom. The molecule has 0 aliphatic carbocycles. The van der Waals surface area contributed by atoms with Crippen molar-refractivity contribution in [3.8, 4) is 0 Å². The van der Waals surface area contributed by atoms with E-state index < -0.39 is 0 Å². The fraction of sp³-hybridized carbons (Fsp3) is 0.900. The molecule has 0 radical (unpaired) electrons. The molecule has 0 rings (SSSR count). The van der Waals surface area contributed by atoms with Gasteiger partial charge in [0.05, 0.1) is 7.11 Å². The van der Waals surface area contributed by atoms with Gasteiger partial charge in [0, 0.05) is 13.2 Å². The maximum atomic E-state index is 11.3. The first-order valence-corrected chi connectivity index (χ1v) is 5.15. The Hall–Kier alpha value is -0.610. The molecule has 0 aromatic carbocycles. The van der Waals surface area contributed by atoms with Gasteiger partial charge in [-0.05, 0) is 26.3 Å². The molecule has 0 aromatic rings. The SMILES string of the molecule is CCCNC(CCOCC)C(=O)OC. The summed E-state index contributed by atoms with van der Waals surface area (Å²) >= 11 is 0. The highest BCUT2D eigenvalue weighted by Crippen LogP contribution is 1.96. The fourth-order valence-electron chi connectivity index (χ4n) is 1.11. The third-order valence-electron chi connectivity index (χ3n) is 1.88. The van der Waals surface area contributed by atoms with Crippen molar-refractivity contribution in [2.24, 2.45) is 0 Å². The first-order chi connectivity index (χ1) is 6.76. The van der Waals surface area contributed by atoms with Gasteiger partial charge in [-0.1, -0.05) is 6.92 Å². The van der Waals surface area contributed by atoms with Crippen LogP contribution in [0.4, 0.5) is 0 Å². The molecule has 4 nitrogen and oxygen atoms in total. The molecule has 84 valence electrons. The first kappa shape index (κ1) is 13.4. The van der Waals surface area contributed by atoms with E-state index in [1.807, 2.05) is 6.92 Å². The summed E-state index contributed by atoms with van der Waals surface area (Å²) in [6.45, 7) is 6.09. The molecule has 1 unspecified atom stereocenters. The summed E-state index contributed by atoms with van der Waals surface area (Å²) in [6, 6.07) is -0.230. The van der Waals surface area contributed by atoms with Crippen molar-refractivity contribution in [3.63, 3.8) is 0 Å². The molecule has 1 N–H and O–H groups in total. The summed E-state index contributed by atoms with van der Waals surface area (Å²) in [7, 11) is 1.41. The predicted octanol–water partition coefficient (Wildman–Crippen LogP) is 0.954. The predicted molar refractivity (Wildman–Crippen MR) is 55.2 cm³/mol. The molecule has 0 heterocycles. The number of hydrogen-bond donors (Lipinski definition) is 1. The van der Waals surface area contributed by atoms with Crippen LogP contribution >= 0.6 is 0 Å². The van der Waals surface area contributed by atoms with Gasteiger partial charge in [0.1, 0.15) is 6.04 Å². The Morgan fingerprint density at radius 2 is 2.14 bits per heavy atom. The molecular formula is C10H21NO3. The minimum absolute atomic E-state index is 0.210. The van der Waals surface area contributed by atoms with E-state index in [9.17, 15) is 4.79 Å². The minimum atomic E-state index is -0.230. The van der Waals surface area contributed by atoms with Gasteiger partial charge < -0.3 is 14.8 Å². The van der Waals surface area contributed by atoms with Gasteiger partial charge in [-0.2, -0.15) is 0 Å². The van der Waals surface area contributed by atoms with Crippen molar-refractivity contribution in [2.75, 3.05) is 26.9 Å². The van der Waals surface area contributed by atoms with E-state index in [0.717, 1.165) is 13.0 Å². The Morgan fingerprint density at radius 3 is 2.64 bits per heavy atom. The van der Waals surface area contributed by atoms with Crippen LogP contribution in [0, 0.1) is 0 Å². The van der Waals surface area contributed by atoms with Gasteiger partial charge in [0.25, 0.3) is 0 Å². The molecule has 0 aliphatic rings. The van der Waals surface area contributed by atoms with Crippen LogP contribution < -0.4 is 5.32 Å². The monoisotopic (exact) mass is 203 g/mol. The second-order valence-electron chi connectivity index (χ2n) is 3.02. The summed E-state index contributed by atoms with van der Waals surface area (Å²) in [5, 5.41) is 3.12. The molecule has 14 heavy (non-hydrogen) atoms. The topological polar surface area (TPSA) is 47.6 Å². The van der Waals surface area contributed by atoms with E-state index in [4.69, 9.17) is 4.74 Å². The maximum Gasteiger partial charge on any atom is 0.322 e. The molecule has 0 amide bonds. The van der Waals surface area contributed by atoms with Crippen LogP contribution in [0.1, 0.15) is 26.7 Å². The van der Waals surface area contributed by atoms with E-state index in [-0.39, 0.29) is 12.0 Å². The number of methoxy groups -OCH3 is 1. The number of esters is 1. The highest BCUT2D eigenvalue weighted by atomic mass is 16.5. The molecule has 1 atom stereocenters. The highest BCUT2D eigenvalue weighted by molar-refractivity contribution is 5.75. The van der Waals surface area contributed by atoms with Gasteiger partial charge >= 0.3 is 5.97 Å². The van der Waals surface area contributed by atoms with Crippen molar-refractivity contribution < 1.29 is 14.3 Å². The standard InChI is InChI=1S/C10H21NO3/c1-4-7-11-9(10(12)13-3)6-8-14-5-2/h9,11H,4-8H2,1-3H3. The maximum absolute atomic E-state index is 11.3. The molecule has 4 heteroatoms. The third kappa shape index (κ3) is 5.94. The van der Waals surface area contributed by atoms with Gasteiger partial charge in [0.15, 0.2) is 0 Å². The average Bonchev–Trinajstić information content (AvgIpc) is 2.22. The van der Waals surface area contributed by atoms with Crippen molar-refractivity contribution in [1.29, 1.82) is 0 Å². The normalized spacial score (nSPS) is 12.5. The zero-order valence-electron chi connectivity index (χ0n) is 9.34. The number of nitrogens with one attached hydrogen (secondary N) is 1. The van der Waals surface area contributed by atoms with Crippen LogP contribution in [0.5, 0.6) is 0 Å². The second kappa shape index (κ2) is 8.97. The van der Waals surface area contributed by atoms with Crippen molar-refractivity contribution in [3.05, 3.63) is 0 Å². The molecule has 0 fully saturated rings. The Balaban J connectivity index is 3.78. The average molecular weight is 203 g/mol. The zero-order chi connectivity index (χ0) is 10.8. The fourth-order valence-corrected chi connectivity index (χ4v) is 1.11. The van der Waals surface area contributed by atoms with Crippen molar-refractivity contribution in [1.82, 2.24) is 5.32 Å². The third-order valence-corrected chi connectivity index (χ3v) is 1.88. The van der Waals surface area contributed by atoms with Crippen molar-refractivity contribution in [2.45, 2.75) is 32.7 Å². The summed E-state index contributed by atoms with van der Waals surface area (Å²) < 4.78 is 9.87. The number of hydrogen-bond acceptors (Lipinski definition) is 4. The number of rotatable bonds is 8. The lowest BCUT2D eigenvalue weighted by molar-refractivity contribution is -0.143. The molecular weight excluding hydrogens is 182 g/mol. The number of ether oxygens (including phenoxy) is 2. The molecule has 0 saturated heterocycles. The summed E-state index contributed by atoms with van der Waals surface area (Å²) in [5.74, 6) is -0.210. The van der Waals surface area contributed by atoms with E-state index >= 15 is 0 Å². The van der Waals surface area contributed by atoms with Crippen LogP contribution in [0.25, 0.3) is 0 Å². The van der Waals surface area contributed by atoms with Crippen molar-refractivity contribution >= 4 is 5.97 Å². The highest BCUT2D eigenvalue weighted by Gasteiger charge is 2.17. The van der Waals surface area contributed by atoms with Crippen LogP contribution in [-0.2, 0) is 14.3 Å². The van der Waals surface area contributed by atoms with E-state index in [2.05, 4.69) is 17.0 Å². The molecule has 0 aromatic heterocycles. The minimum Gasteiger partial charge on any atom is -0.468 e. The van der Waals surface area contributed by atoms with Crippen LogP contribution in [-0.4, -0.2) is 38.9 Å². The zero-order valence-corrected chi connectivity index (χ0v) is 9.34. The van der Waals surface area contributed by atoms with Gasteiger partial charge in [-0.25, -0.2) is 0 Å².